The smallest absolute Gasteiger partial charge is 0.338 e. The Balaban J connectivity index is 2.49. The van der Waals surface area contributed by atoms with Gasteiger partial charge in [-0.05, 0) is 31.0 Å². The highest BCUT2D eigenvalue weighted by atomic mass is 16.5. The van der Waals surface area contributed by atoms with E-state index in [1.807, 2.05) is 19.2 Å². The number of rotatable bonds is 7. The van der Waals surface area contributed by atoms with Crippen molar-refractivity contribution in [2.45, 2.75) is 20.8 Å². The molecule has 0 radical (unpaired) electrons. The molecule has 1 aromatic rings. The van der Waals surface area contributed by atoms with Crippen LogP contribution in [0.5, 0.6) is 5.75 Å². The first-order valence-corrected chi connectivity index (χ1v) is 7.40. The zero-order chi connectivity index (χ0) is 17.2. The first kappa shape index (κ1) is 18.5. The van der Waals surface area contributed by atoms with Crippen molar-refractivity contribution in [3.8, 4) is 5.75 Å². The molecule has 0 atom stereocenters. The van der Waals surface area contributed by atoms with Gasteiger partial charge in [-0.15, -0.1) is 0 Å². The quantitative estimate of drug-likeness (QED) is 0.746. The molecule has 7 heteroatoms. The number of imide groups is 1. The van der Waals surface area contributed by atoms with Crippen molar-refractivity contribution in [1.29, 1.82) is 0 Å². The van der Waals surface area contributed by atoms with E-state index < -0.39 is 24.5 Å². The van der Waals surface area contributed by atoms with Crippen LogP contribution >= 0.6 is 0 Å². The molecule has 0 saturated carbocycles. The van der Waals surface area contributed by atoms with Crippen LogP contribution in [-0.4, -0.2) is 37.7 Å². The predicted octanol–water partition coefficient (Wildman–Crippen LogP) is 1.72. The van der Waals surface area contributed by atoms with Gasteiger partial charge in [0.2, 0.25) is 0 Å². The summed E-state index contributed by atoms with van der Waals surface area (Å²) in [6, 6.07) is 5.89. The topological polar surface area (TPSA) is 93.7 Å². The Morgan fingerprint density at radius 2 is 1.96 bits per heavy atom. The lowest BCUT2D eigenvalue weighted by molar-refractivity contribution is -0.123. The molecule has 3 amide bonds. The van der Waals surface area contributed by atoms with Gasteiger partial charge < -0.3 is 14.8 Å². The summed E-state index contributed by atoms with van der Waals surface area (Å²) in [4.78, 5) is 34.5. The van der Waals surface area contributed by atoms with Gasteiger partial charge in [-0.1, -0.05) is 19.9 Å². The first-order chi connectivity index (χ1) is 10.9. The minimum Gasteiger partial charge on any atom is -0.493 e. The summed E-state index contributed by atoms with van der Waals surface area (Å²) in [6.07, 6.45) is 0. The van der Waals surface area contributed by atoms with Crippen molar-refractivity contribution in [3.63, 3.8) is 0 Å². The zero-order valence-corrected chi connectivity index (χ0v) is 13.5. The van der Waals surface area contributed by atoms with Crippen LogP contribution in [0, 0.1) is 5.92 Å². The summed E-state index contributed by atoms with van der Waals surface area (Å²) in [5.41, 5.74) is 0.275. The average molecular weight is 322 g/mol. The number of carbonyl (C=O) groups is 3. The standard InChI is InChI=1S/C16H22N2O5/c1-4-17-16(21)18-14(19)10-23-15(20)12-6-5-7-13(8-12)22-9-11(2)3/h5-8,11H,4,9-10H2,1-3H3,(H2,17,18,19,21). The second-order valence-corrected chi connectivity index (χ2v) is 5.22. The van der Waals surface area contributed by atoms with Gasteiger partial charge in [0, 0.05) is 6.54 Å². The van der Waals surface area contributed by atoms with E-state index in [4.69, 9.17) is 9.47 Å². The van der Waals surface area contributed by atoms with Crippen LogP contribution in [0.2, 0.25) is 0 Å². The third-order valence-corrected chi connectivity index (χ3v) is 2.58. The first-order valence-electron chi connectivity index (χ1n) is 7.40. The fourth-order valence-electron chi connectivity index (χ4n) is 1.56. The Hall–Kier alpha value is -2.57. The van der Waals surface area contributed by atoms with Crippen LogP contribution in [-0.2, 0) is 9.53 Å². The number of carbonyl (C=O) groups excluding carboxylic acids is 3. The lowest BCUT2D eigenvalue weighted by Gasteiger charge is -2.10. The van der Waals surface area contributed by atoms with Crippen molar-refractivity contribution < 1.29 is 23.9 Å². The second kappa shape index (κ2) is 9.45. The lowest BCUT2D eigenvalue weighted by atomic mass is 10.2. The van der Waals surface area contributed by atoms with Crippen LogP contribution in [0.4, 0.5) is 4.79 Å². The Bertz CT molecular complexity index is 557. The Labute approximate surface area is 135 Å². The molecule has 0 aliphatic carbocycles. The summed E-state index contributed by atoms with van der Waals surface area (Å²) in [7, 11) is 0. The predicted molar refractivity (Wildman–Crippen MR) is 84.3 cm³/mol. The molecule has 0 heterocycles. The molecule has 7 nitrogen and oxygen atoms in total. The molecule has 0 saturated heterocycles. The molecule has 0 aromatic heterocycles. The maximum Gasteiger partial charge on any atom is 0.338 e. The number of hydrogen-bond donors (Lipinski definition) is 2. The van der Waals surface area contributed by atoms with Crippen LogP contribution < -0.4 is 15.4 Å². The second-order valence-electron chi connectivity index (χ2n) is 5.22. The summed E-state index contributed by atoms with van der Waals surface area (Å²) in [5.74, 6) is -0.439. The molecular weight excluding hydrogens is 300 g/mol. The normalized spacial score (nSPS) is 10.1. The van der Waals surface area contributed by atoms with E-state index in [1.54, 1.807) is 31.2 Å². The third kappa shape index (κ3) is 7.30. The van der Waals surface area contributed by atoms with E-state index in [0.717, 1.165) is 0 Å². The number of amides is 3. The van der Waals surface area contributed by atoms with Gasteiger partial charge in [-0.2, -0.15) is 0 Å². The number of esters is 1. The summed E-state index contributed by atoms with van der Waals surface area (Å²) in [6.45, 7) is 6.15. The van der Waals surface area contributed by atoms with Crippen LogP contribution in [0.15, 0.2) is 24.3 Å². The van der Waals surface area contributed by atoms with Crippen molar-refractivity contribution >= 4 is 17.9 Å². The number of ether oxygens (including phenoxy) is 2. The molecule has 0 bridgehead atoms. The van der Waals surface area contributed by atoms with Gasteiger partial charge in [-0.25, -0.2) is 9.59 Å². The maximum atomic E-state index is 11.9. The molecule has 2 N–H and O–H groups in total. The van der Waals surface area contributed by atoms with Gasteiger partial charge in [0.15, 0.2) is 6.61 Å². The van der Waals surface area contributed by atoms with Crippen molar-refractivity contribution in [2.24, 2.45) is 5.92 Å². The highest BCUT2D eigenvalue weighted by Gasteiger charge is 2.13. The van der Waals surface area contributed by atoms with E-state index in [2.05, 4.69) is 5.32 Å². The Morgan fingerprint density at radius 1 is 1.22 bits per heavy atom. The fraction of sp³-hybridized carbons (Fsp3) is 0.438. The third-order valence-electron chi connectivity index (χ3n) is 2.58. The summed E-state index contributed by atoms with van der Waals surface area (Å²) in [5, 5.41) is 4.44. The highest BCUT2D eigenvalue weighted by molar-refractivity contribution is 5.97. The Kier molecular flexibility index (Phi) is 7.59. The summed E-state index contributed by atoms with van der Waals surface area (Å²) >= 11 is 0. The van der Waals surface area contributed by atoms with Crippen LogP contribution in [0.1, 0.15) is 31.1 Å². The monoisotopic (exact) mass is 322 g/mol. The molecule has 23 heavy (non-hydrogen) atoms. The number of hydrogen-bond acceptors (Lipinski definition) is 5. The lowest BCUT2D eigenvalue weighted by Crippen LogP contribution is -2.41. The van der Waals surface area contributed by atoms with E-state index >= 15 is 0 Å². The average Bonchev–Trinajstić information content (AvgIpc) is 2.51. The number of benzene rings is 1. The van der Waals surface area contributed by atoms with Crippen molar-refractivity contribution in [1.82, 2.24) is 10.6 Å². The summed E-state index contributed by atoms with van der Waals surface area (Å²) < 4.78 is 10.4. The van der Waals surface area contributed by atoms with E-state index in [9.17, 15) is 14.4 Å². The van der Waals surface area contributed by atoms with Gasteiger partial charge >= 0.3 is 12.0 Å². The molecule has 0 spiro atoms. The van der Waals surface area contributed by atoms with Crippen LogP contribution in [0.25, 0.3) is 0 Å². The minimum atomic E-state index is -0.698. The van der Waals surface area contributed by atoms with Gasteiger partial charge in [-0.3, -0.25) is 10.1 Å². The van der Waals surface area contributed by atoms with Gasteiger partial charge in [0.25, 0.3) is 5.91 Å². The molecule has 0 fully saturated rings. The van der Waals surface area contributed by atoms with Gasteiger partial charge in [0.1, 0.15) is 5.75 Å². The molecule has 0 unspecified atom stereocenters. The number of nitrogens with one attached hydrogen (secondary N) is 2. The van der Waals surface area contributed by atoms with Crippen molar-refractivity contribution in [3.05, 3.63) is 29.8 Å². The zero-order valence-electron chi connectivity index (χ0n) is 13.5. The van der Waals surface area contributed by atoms with Crippen molar-refractivity contribution in [2.75, 3.05) is 19.8 Å². The molecule has 0 aliphatic heterocycles. The largest absolute Gasteiger partial charge is 0.493 e. The molecule has 1 rings (SSSR count). The number of urea groups is 1. The fourth-order valence-corrected chi connectivity index (χ4v) is 1.56. The molecular formula is C16H22N2O5. The minimum absolute atomic E-state index is 0.275. The Morgan fingerprint density at radius 3 is 2.61 bits per heavy atom. The molecule has 1 aromatic carbocycles. The van der Waals surface area contributed by atoms with E-state index in [-0.39, 0.29) is 5.56 Å². The molecule has 126 valence electrons. The molecule has 0 aliphatic rings. The highest BCUT2D eigenvalue weighted by Crippen LogP contribution is 2.15. The SMILES string of the molecule is CCNC(=O)NC(=O)COC(=O)c1cccc(OCC(C)C)c1. The van der Waals surface area contributed by atoms with E-state index in [0.29, 0.717) is 24.8 Å². The van der Waals surface area contributed by atoms with Crippen LogP contribution in [0.3, 0.4) is 0 Å². The van der Waals surface area contributed by atoms with Gasteiger partial charge in [0.05, 0.1) is 12.2 Å². The van der Waals surface area contributed by atoms with E-state index in [1.165, 1.54) is 0 Å². The maximum absolute atomic E-state index is 11.9.